The fourth-order valence-corrected chi connectivity index (χ4v) is 6.00. The predicted molar refractivity (Wildman–Crippen MR) is 126 cm³/mol. The Labute approximate surface area is 228 Å². The third kappa shape index (κ3) is 6.05. The first-order valence-electron chi connectivity index (χ1n) is 10.6. The molecule has 2 rings (SSSR count). The average Bonchev–Trinajstić information content (AvgIpc) is 2.75. The van der Waals surface area contributed by atoms with Crippen molar-refractivity contribution in [1.29, 1.82) is 0 Å². The van der Waals surface area contributed by atoms with Crippen molar-refractivity contribution in [2.75, 3.05) is 26.4 Å². The topological polar surface area (TPSA) is 122 Å². The second-order valence-corrected chi connectivity index (χ2v) is 11.7. The van der Waals surface area contributed by atoms with Gasteiger partial charge in [-0.2, -0.15) is 13.2 Å². The van der Waals surface area contributed by atoms with Gasteiger partial charge in [0.25, 0.3) is 0 Å². The molecule has 5 N–H and O–H groups in total. The molecule has 0 amide bonds. The number of nitrogens with two attached hydrogens (primary N) is 1. The summed E-state index contributed by atoms with van der Waals surface area (Å²) in [5, 5.41) is 22.2. The molecule has 0 bridgehead atoms. The largest absolute Gasteiger partial charge is 0.481 e. The maximum Gasteiger partial charge on any atom is 0.418 e. The smallest absolute Gasteiger partial charge is 0.418 e. The Bertz CT molecular complexity index is 1030. The Kier molecular flexibility index (Phi) is 9.99. The molecule has 0 aliphatic carbocycles. The summed E-state index contributed by atoms with van der Waals surface area (Å²) in [6, 6.07) is -2.41. The van der Waals surface area contributed by atoms with Gasteiger partial charge in [0, 0.05) is 30.5 Å². The third-order valence-corrected chi connectivity index (χ3v) is 7.35. The first-order chi connectivity index (χ1) is 16.9. The van der Waals surface area contributed by atoms with Crippen LogP contribution in [-0.4, -0.2) is 64.5 Å². The minimum Gasteiger partial charge on any atom is -0.481 e. The molecule has 1 saturated heterocycles. The molecule has 0 radical (unpaired) electrons. The van der Waals surface area contributed by atoms with Crippen molar-refractivity contribution in [1.82, 2.24) is 5.32 Å². The number of piperidine rings is 1. The van der Waals surface area contributed by atoms with Gasteiger partial charge >= 0.3 is 18.1 Å². The molecule has 0 aromatic heterocycles. The van der Waals surface area contributed by atoms with E-state index in [1.807, 2.05) is 0 Å². The number of rotatable bonds is 9. The van der Waals surface area contributed by atoms with Gasteiger partial charge in [-0.05, 0) is 19.1 Å². The van der Waals surface area contributed by atoms with E-state index in [0.717, 1.165) is 6.92 Å². The summed E-state index contributed by atoms with van der Waals surface area (Å²) in [5.41, 5.74) is -3.41. The highest BCUT2D eigenvalue weighted by molar-refractivity contribution is 6.67. The summed E-state index contributed by atoms with van der Waals surface area (Å²) in [6.07, 6.45) is -6.51. The molecule has 16 heteroatoms. The van der Waals surface area contributed by atoms with Gasteiger partial charge in [0.05, 0.1) is 40.7 Å². The molecule has 5 unspecified atom stereocenters. The standard InChI is InChI=1S/C21H23Cl4F5N2O5/c1-18(16(33)34)11(6-26)32-12(7-37-5-4-31)19(17(35)36,8-20(23,24)25)15(18)13-10(27)3-2-9(22)14(13)21(28,29)30/h2-3,11-12,15,32H,4-8,31H2,1H3,(H,33,34)(H,35,36). The van der Waals surface area contributed by atoms with Crippen LogP contribution in [-0.2, 0) is 20.5 Å². The molecule has 1 aliphatic rings. The highest BCUT2D eigenvalue weighted by Crippen LogP contribution is 2.62. The van der Waals surface area contributed by atoms with Crippen molar-refractivity contribution < 1.29 is 46.5 Å². The number of ether oxygens (including phenoxy) is 1. The molecule has 1 aromatic rings. The number of hydrogen-bond donors (Lipinski definition) is 4. The first kappa shape index (κ1) is 32.1. The predicted octanol–water partition coefficient (Wildman–Crippen LogP) is 4.79. The van der Waals surface area contributed by atoms with Crippen molar-refractivity contribution in [3.05, 3.63) is 34.1 Å². The number of carboxylic acids is 2. The van der Waals surface area contributed by atoms with Crippen LogP contribution in [0.3, 0.4) is 0 Å². The summed E-state index contributed by atoms with van der Waals surface area (Å²) in [5.74, 6) is -7.99. The van der Waals surface area contributed by atoms with E-state index in [1.165, 1.54) is 0 Å². The van der Waals surface area contributed by atoms with Gasteiger partial charge in [-0.15, -0.1) is 0 Å². The normalized spacial score (nSPS) is 28.8. The van der Waals surface area contributed by atoms with E-state index >= 15 is 4.39 Å². The number of nitrogens with one attached hydrogen (secondary N) is 1. The van der Waals surface area contributed by atoms with E-state index in [0.29, 0.717) is 12.1 Å². The second kappa shape index (κ2) is 11.5. The molecule has 1 aliphatic heterocycles. The van der Waals surface area contributed by atoms with Gasteiger partial charge in [0.2, 0.25) is 0 Å². The first-order valence-corrected chi connectivity index (χ1v) is 12.1. The number of benzene rings is 1. The van der Waals surface area contributed by atoms with Crippen LogP contribution in [0.4, 0.5) is 22.0 Å². The zero-order chi connectivity index (χ0) is 28.6. The lowest BCUT2D eigenvalue weighted by atomic mass is 9.50. The Morgan fingerprint density at radius 2 is 1.76 bits per heavy atom. The summed E-state index contributed by atoms with van der Waals surface area (Å²) in [4.78, 5) is 25.7. The zero-order valence-electron chi connectivity index (χ0n) is 19.0. The van der Waals surface area contributed by atoms with Gasteiger partial charge in [-0.1, -0.05) is 46.4 Å². The summed E-state index contributed by atoms with van der Waals surface area (Å²) < 4.78 is 75.4. The van der Waals surface area contributed by atoms with E-state index in [4.69, 9.17) is 56.9 Å². The van der Waals surface area contributed by atoms with Crippen molar-refractivity contribution in [3.8, 4) is 0 Å². The molecule has 37 heavy (non-hydrogen) atoms. The molecule has 0 spiro atoms. The lowest BCUT2D eigenvalue weighted by molar-refractivity contribution is -0.177. The van der Waals surface area contributed by atoms with Crippen LogP contribution in [0.1, 0.15) is 30.4 Å². The van der Waals surface area contributed by atoms with Gasteiger partial charge in [0.15, 0.2) is 3.79 Å². The minimum absolute atomic E-state index is 0.0544. The number of carbonyl (C=O) groups is 2. The minimum atomic E-state index is -5.39. The average molecular weight is 620 g/mol. The number of carboxylic acid groups (broad SMARTS) is 2. The SMILES string of the molecule is CC1(C(=O)O)C(CF)NC(COCCN)C(CC(Cl)(Cl)Cl)(C(=O)O)C1c1c(F)ccc(Cl)c1C(F)(F)F. The Morgan fingerprint density at radius 3 is 2.19 bits per heavy atom. The van der Waals surface area contributed by atoms with Crippen molar-refractivity contribution >= 4 is 58.3 Å². The Morgan fingerprint density at radius 1 is 1.16 bits per heavy atom. The molecular formula is C21H23Cl4F5N2O5. The number of alkyl halides is 7. The Balaban J connectivity index is 3.16. The van der Waals surface area contributed by atoms with Crippen LogP contribution >= 0.6 is 46.4 Å². The van der Waals surface area contributed by atoms with Crippen molar-refractivity contribution in [2.24, 2.45) is 16.6 Å². The summed E-state index contributed by atoms with van der Waals surface area (Å²) in [7, 11) is 0. The van der Waals surface area contributed by atoms with Crippen LogP contribution in [0.25, 0.3) is 0 Å². The molecule has 1 fully saturated rings. The number of hydrogen-bond acceptors (Lipinski definition) is 5. The Hall–Kier alpha value is -1.15. The monoisotopic (exact) mass is 618 g/mol. The van der Waals surface area contributed by atoms with E-state index in [9.17, 15) is 37.4 Å². The fourth-order valence-electron chi connectivity index (χ4n) is 5.06. The number of aliphatic carboxylic acids is 2. The van der Waals surface area contributed by atoms with Crippen LogP contribution in [0.15, 0.2) is 12.1 Å². The van der Waals surface area contributed by atoms with Gasteiger partial charge in [0.1, 0.15) is 12.5 Å². The molecule has 0 saturated carbocycles. The molecule has 5 atom stereocenters. The summed E-state index contributed by atoms with van der Waals surface area (Å²) in [6.45, 7) is -1.57. The van der Waals surface area contributed by atoms with E-state index in [1.54, 1.807) is 0 Å². The molecular weight excluding hydrogens is 597 g/mol. The van der Waals surface area contributed by atoms with Crippen LogP contribution in [0.2, 0.25) is 5.02 Å². The van der Waals surface area contributed by atoms with Gasteiger partial charge < -0.3 is 26.0 Å². The van der Waals surface area contributed by atoms with Crippen molar-refractivity contribution in [3.63, 3.8) is 0 Å². The van der Waals surface area contributed by atoms with Gasteiger partial charge in [-0.25, -0.2) is 8.78 Å². The molecule has 210 valence electrons. The number of halogens is 9. The van der Waals surface area contributed by atoms with Crippen molar-refractivity contribution in [2.45, 2.75) is 41.3 Å². The van der Waals surface area contributed by atoms with Crippen LogP contribution < -0.4 is 11.1 Å². The second-order valence-electron chi connectivity index (χ2n) is 8.76. The van der Waals surface area contributed by atoms with E-state index in [2.05, 4.69) is 5.32 Å². The highest BCUT2D eigenvalue weighted by Gasteiger charge is 2.70. The van der Waals surface area contributed by atoms with Crippen LogP contribution in [0.5, 0.6) is 0 Å². The molecule has 1 aromatic carbocycles. The van der Waals surface area contributed by atoms with Gasteiger partial charge in [-0.3, -0.25) is 9.59 Å². The fraction of sp³-hybridized carbons (Fsp3) is 0.619. The third-order valence-electron chi connectivity index (χ3n) is 6.63. The van der Waals surface area contributed by atoms with E-state index < -0.39 is 92.4 Å². The lowest BCUT2D eigenvalue weighted by Gasteiger charge is -2.57. The lowest BCUT2D eigenvalue weighted by Crippen LogP contribution is -2.72. The quantitative estimate of drug-likeness (QED) is 0.178. The maximum atomic E-state index is 15.5. The molecule has 7 nitrogen and oxygen atoms in total. The zero-order valence-corrected chi connectivity index (χ0v) is 22.0. The van der Waals surface area contributed by atoms with E-state index in [-0.39, 0.29) is 13.2 Å². The summed E-state index contributed by atoms with van der Waals surface area (Å²) >= 11 is 23.6. The van der Waals surface area contributed by atoms with Crippen LogP contribution in [0, 0.1) is 16.6 Å². The molecule has 1 heterocycles. The highest BCUT2D eigenvalue weighted by atomic mass is 35.6. The maximum absolute atomic E-state index is 15.5.